The summed E-state index contributed by atoms with van der Waals surface area (Å²) < 4.78 is 0. The standard InChI is InChI=1S/C15H19NO/c1-12-8-13(11-17)10-14(9-12)15(6-7-16)4-2-3-5-15/h8-10,17H,2-6,11H2,1H3. The minimum absolute atomic E-state index is 0.0463. The van der Waals surface area contributed by atoms with Gasteiger partial charge < -0.3 is 5.11 Å². The molecule has 0 heterocycles. The SMILES string of the molecule is Cc1cc(CO)cc(C2(CC#N)CCCC2)c1. The number of aryl methyl sites for hydroxylation is 1. The molecule has 1 aliphatic rings. The maximum atomic E-state index is 9.28. The summed E-state index contributed by atoms with van der Waals surface area (Å²) in [5.74, 6) is 0. The van der Waals surface area contributed by atoms with Gasteiger partial charge in [-0.3, -0.25) is 0 Å². The van der Waals surface area contributed by atoms with Gasteiger partial charge >= 0.3 is 0 Å². The molecule has 1 aromatic carbocycles. The molecule has 1 fully saturated rings. The molecule has 0 aliphatic heterocycles. The zero-order valence-electron chi connectivity index (χ0n) is 10.4. The lowest BCUT2D eigenvalue weighted by atomic mass is 9.75. The minimum atomic E-state index is 0.0463. The Kier molecular flexibility index (Phi) is 3.49. The van der Waals surface area contributed by atoms with E-state index in [2.05, 4.69) is 25.1 Å². The van der Waals surface area contributed by atoms with Crippen LogP contribution in [0, 0.1) is 18.3 Å². The molecule has 0 aromatic heterocycles. The lowest BCUT2D eigenvalue weighted by Crippen LogP contribution is -2.21. The molecule has 90 valence electrons. The number of nitriles is 1. The van der Waals surface area contributed by atoms with E-state index in [9.17, 15) is 5.11 Å². The highest BCUT2D eigenvalue weighted by atomic mass is 16.3. The van der Waals surface area contributed by atoms with Crippen LogP contribution < -0.4 is 0 Å². The number of aliphatic hydroxyl groups excluding tert-OH is 1. The highest BCUT2D eigenvalue weighted by Gasteiger charge is 2.35. The third-order valence-corrected chi connectivity index (χ3v) is 3.91. The quantitative estimate of drug-likeness (QED) is 0.864. The molecule has 0 bridgehead atoms. The Morgan fingerprint density at radius 1 is 1.29 bits per heavy atom. The summed E-state index contributed by atoms with van der Waals surface area (Å²) in [5, 5.41) is 18.3. The second kappa shape index (κ2) is 4.89. The van der Waals surface area contributed by atoms with Gasteiger partial charge in [-0.1, -0.05) is 36.6 Å². The van der Waals surface area contributed by atoms with Crippen molar-refractivity contribution in [2.24, 2.45) is 0 Å². The maximum Gasteiger partial charge on any atom is 0.0682 e. The number of hydrogen-bond donors (Lipinski definition) is 1. The molecule has 0 amide bonds. The zero-order chi connectivity index (χ0) is 12.3. The number of hydrogen-bond acceptors (Lipinski definition) is 2. The van der Waals surface area contributed by atoms with Gasteiger partial charge in [0.15, 0.2) is 0 Å². The molecule has 1 aromatic rings. The smallest absolute Gasteiger partial charge is 0.0682 e. The lowest BCUT2D eigenvalue weighted by molar-refractivity contribution is 0.281. The molecule has 1 N–H and O–H groups in total. The molecule has 2 rings (SSSR count). The van der Waals surface area contributed by atoms with Gasteiger partial charge in [0.1, 0.15) is 0 Å². The Morgan fingerprint density at radius 2 is 2.00 bits per heavy atom. The summed E-state index contributed by atoms with van der Waals surface area (Å²) in [6.45, 7) is 2.13. The Bertz CT molecular complexity index is 439. The van der Waals surface area contributed by atoms with Gasteiger partial charge in [-0.25, -0.2) is 0 Å². The van der Waals surface area contributed by atoms with Crippen molar-refractivity contribution in [3.05, 3.63) is 34.9 Å². The van der Waals surface area contributed by atoms with Crippen LogP contribution in [0.2, 0.25) is 0 Å². The average molecular weight is 229 g/mol. The minimum Gasteiger partial charge on any atom is -0.392 e. The Hall–Kier alpha value is -1.33. The van der Waals surface area contributed by atoms with Crippen molar-refractivity contribution in [1.82, 2.24) is 0 Å². The van der Waals surface area contributed by atoms with Crippen LogP contribution in [0.25, 0.3) is 0 Å². The third-order valence-electron chi connectivity index (χ3n) is 3.91. The Morgan fingerprint density at radius 3 is 2.59 bits per heavy atom. The largest absolute Gasteiger partial charge is 0.392 e. The molecular formula is C15H19NO. The fourth-order valence-electron chi connectivity index (χ4n) is 3.03. The van der Waals surface area contributed by atoms with Crippen LogP contribution in [-0.2, 0) is 12.0 Å². The van der Waals surface area contributed by atoms with Crippen LogP contribution in [-0.4, -0.2) is 5.11 Å². The van der Waals surface area contributed by atoms with Gasteiger partial charge in [0.25, 0.3) is 0 Å². The molecule has 1 saturated carbocycles. The van der Waals surface area contributed by atoms with Crippen LogP contribution in [0.15, 0.2) is 18.2 Å². The molecule has 2 nitrogen and oxygen atoms in total. The van der Waals surface area contributed by atoms with Crippen molar-refractivity contribution >= 4 is 0 Å². The van der Waals surface area contributed by atoms with Gasteiger partial charge in [-0.2, -0.15) is 5.26 Å². The Balaban J connectivity index is 2.43. The fraction of sp³-hybridized carbons (Fsp3) is 0.533. The van der Waals surface area contributed by atoms with Crippen molar-refractivity contribution in [2.75, 3.05) is 0 Å². The molecule has 0 spiro atoms. The average Bonchev–Trinajstić information content (AvgIpc) is 2.78. The summed E-state index contributed by atoms with van der Waals surface area (Å²) in [4.78, 5) is 0. The van der Waals surface area contributed by atoms with Crippen LogP contribution >= 0.6 is 0 Å². The number of aliphatic hydroxyl groups is 1. The van der Waals surface area contributed by atoms with E-state index >= 15 is 0 Å². The van der Waals surface area contributed by atoms with E-state index in [0.717, 1.165) is 18.4 Å². The number of nitrogens with zero attached hydrogens (tertiary/aromatic N) is 1. The molecule has 2 heteroatoms. The molecule has 17 heavy (non-hydrogen) atoms. The summed E-state index contributed by atoms with van der Waals surface area (Å²) in [6, 6.07) is 8.62. The van der Waals surface area contributed by atoms with E-state index in [4.69, 9.17) is 5.26 Å². The summed E-state index contributed by atoms with van der Waals surface area (Å²) in [7, 11) is 0. The predicted molar refractivity (Wildman–Crippen MR) is 67.5 cm³/mol. The van der Waals surface area contributed by atoms with Crippen molar-refractivity contribution < 1.29 is 5.11 Å². The number of rotatable bonds is 3. The first-order chi connectivity index (χ1) is 8.20. The van der Waals surface area contributed by atoms with E-state index in [1.807, 2.05) is 6.07 Å². The van der Waals surface area contributed by atoms with Gasteiger partial charge in [0, 0.05) is 11.8 Å². The second-order valence-electron chi connectivity index (χ2n) is 5.19. The van der Waals surface area contributed by atoms with E-state index in [-0.39, 0.29) is 12.0 Å². The monoisotopic (exact) mass is 229 g/mol. The molecule has 1 aliphatic carbocycles. The van der Waals surface area contributed by atoms with Gasteiger partial charge in [0.2, 0.25) is 0 Å². The second-order valence-corrected chi connectivity index (χ2v) is 5.19. The fourth-order valence-corrected chi connectivity index (χ4v) is 3.03. The van der Waals surface area contributed by atoms with Gasteiger partial charge in [-0.05, 0) is 30.9 Å². The summed E-state index contributed by atoms with van der Waals surface area (Å²) in [5.41, 5.74) is 3.44. The maximum absolute atomic E-state index is 9.28. The normalized spacial score (nSPS) is 17.9. The first-order valence-electron chi connectivity index (χ1n) is 6.29. The van der Waals surface area contributed by atoms with E-state index in [0.29, 0.717) is 6.42 Å². The first kappa shape index (κ1) is 12.1. The van der Waals surface area contributed by atoms with Crippen LogP contribution in [0.4, 0.5) is 0 Å². The van der Waals surface area contributed by atoms with Crippen molar-refractivity contribution in [2.45, 2.75) is 51.0 Å². The highest BCUT2D eigenvalue weighted by molar-refractivity contribution is 5.36. The van der Waals surface area contributed by atoms with Crippen LogP contribution in [0.5, 0.6) is 0 Å². The summed E-state index contributed by atoms with van der Waals surface area (Å²) in [6.07, 6.45) is 5.24. The van der Waals surface area contributed by atoms with E-state index < -0.39 is 0 Å². The Labute approximate surface area is 103 Å². The zero-order valence-corrected chi connectivity index (χ0v) is 10.4. The predicted octanol–water partition coefficient (Wildman–Crippen LogP) is 3.21. The van der Waals surface area contributed by atoms with Crippen molar-refractivity contribution in [3.8, 4) is 6.07 Å². The van der Waals surface area contributed by atoms with Crippen LogP contribution in [0.3, 0.4) is 0 Å². The molecular weight excluding hydrogens is 210 g/mol. The highest BCUT2D eigenvalue weighted by Crippen LogP contribution is 2.44. The van der Waals surface area contributed by atoms with Crippen LogP contribution in [0.1, 0.15) is 48.8 Å². The van der Waals surface area contributed by atoms with E-state index in [1.165, 1.54) is 24.0 Å². The van der Waals surface area contributed by atoms with Gasteiger partial charge in [-0.15, -0.1) is 0 Å². The lowest BCUT2D eigenvalue weighted by Gasteiger charge is -2.27. The number of benzene rings is 1. The van der Waals surface area contributed by atoms with Gasteiger partial charge in [0.05, 0.1) is 12.7 Å². The topological polar surface area (TPSA) is 44.0 Å². The molecule has 0 unspecified atom stereocenters. The molecule has 0 radical (unpaired) electrons. The molecule has 0 atom stereocenters. The molecule has 0 saturated heterocycles. The first-order valence-corrected chi connectivity index (χ1v) is 6.29. The summed E-state index contributed by atoms with van der Waals surface area (Å²) >= 11 is 0. The van der Waals surface area contributed by atoms with E-state index in [1.54, 1.807) is 0 Å². The third kappa shape index (κ3) is 2.35. The van der Waals surface area contributed by atoms with Crippen molar-refractivity contribution in [3.63, 3.8) is 0 Å². The van der Waals surface area contributed by atoms with Crippen molar-refractivity contribution in [1.29, 1.82) is 5.26 Å².